The van der Waals surface area contributed by atoms with Gasteiger partial charge in [0.15, 0.2) is 0 Å². The largest absolute Gasteiger partial charge is 0.445 e. The molecule has 1 amide bonds. The Morgan fingerprint density at radius 2 is 1.86 bits per heavy atom. The van der Waals surface area contributed by atoms with Crippen LogP contribution in [0.15, 0.2) is 48.5 Å². The van der Waals surface area contributed by atoms with Crippen LogP contribution in [0.4, 0.5) is 4.79 Å². The number of halogens is 1. The van der Waals surface area contributed by atoms with Crippen LogP contribution >= 0.6 is 11.6 Å². The van der Waals surface area contributed by atoms with E-state index in [4.69, 9.17) is 16.3 Å². The van der Waals surface area contributed by atoms with Crippen LogP contribution in [0.1, 0.15) is 30.4 Å². The van der Waals surface area contributed by atoms with Gasteiger partial charge in [0, 0.05) is 30.5 Å². The molecule has 1 saturated carbocycles. The highest BCUT2D eigenvalue weighted by Crippen LogP contribution is 2.54. The molecule has 2 bridgehead atoms. The molecule has 29 heavy (non-hydrogen) atoms. The fourth-order valence-electron chi connectivity index (χ4n) is 5.00. The molecule has 1 N–H and O–H groups in total. The van der Waals surface area contributed by atoms with Gasteiger partial charge in [0.1, 0.15) is 17.6 Å². The van der Waals surface area contributed by atoms with E-state index < -0.39 is 4.87 Å². The van der Waals surface area contributed by atoms with E-state index in [9.17, 15) is 4.79 Å². The normalized spacial score (nSPS) is 26.4. The fourth-order valence-corrected chi connectivity index (χ4v) is 5.50. The van der Waals surface area contributed by atoms with Crippen molar-refractivity contribution in [2.24, 2.45) is 11.8 Å². The lowest BCUT2D eigenvalue weighted by molar-refractivity contribution is 0.0245. The first-order valence-corrected chi connectivity index (χ1v) is 10.5. The number of benzene rings is 2. The third kappa shape index (κ3) is 3.15. The zero-order chi connectivity index (χ0) is 19.8. The van der Waals surface area contributed by atoms with E-state index in [0.717, 1.165) is 41.4 Å². The Hall–Kier alpha value is -2.60. The van der Waals surface area contributed by atoms with Gasteiger partial charge < -0.3 is 9.64 Å². The Kier molecular flexibility index (Phi) is 4.66. The van der Waals surface area contributed by atoms with Crippen molar-refractivity contribution in [3.63, 3.8) is 0 Å². The van der Waals surface area contributed by atoms with Crippen molar-refractivity contribution in [1.29, 1.82) is 0 Å². The minimum atomic E-state index is -0.537. The number of nitrogens with one attached hydrogen (secondary N) is 1. The van der Waals surface area contributed by atoms with Gasteiger partial charge in [-0.1, -0.05) is 48.9 Å². The van der Waals surface area contributed by atoms with E-state index in [2.05, 4.69) is 21.5 Å². The van der Waals surface area contributed by atoms with E-state index in [1.807, 2.05) is 47.4 Å². The summed E-state index contributed by atoms with van der Waals surface area (Å²) in [6.45, 7) is 1.49. The number of rotatable bonds is 3. The van der Waals surface area contributed by atoms with Crippen molar-refractivity contribution < 1.29 is 9.53 Å². The average Bonchev–Trinajstić information content (AvgIpc) is 3.21. The van der Waals surface area contributed by atoms with Gasteiger partial charge >= 0.3 is 6.09 Å². The SMILES string of the molecule is O=C(OCc1ccccc1)N1CC2CCCC(C1)C2(Cl)c1cccc2n[nH]nc12. The zero-order valence-electron chi connectivity index (χ0n) is 16.1. The number of fused-ring (bicyclic) bond motifs is 3. The molecule has 2 aromatic carbocycles. The van der Waals surface area contributed by atoms with Crippen LogP contribution in [0.25, 0.3) is 11.0 Å². The Morgan fingerprint density at radius 3 is 2.62 bits per heavy atom. The topological polar surface area (TPSA) is 71.1 Å². The molecule has 1 aliphatic heterocycles. The number of aromatic nitrogens is 3. The second kappa shape index (κ2) is 7.34. The summed E-state index contributed by atoms with van der Waals surface area (Å²) in [7, 11) is 0. The summed E-state index contributed by atoms with van der Waals surface area (Å²) in [6.07, 6.45) is 2.84. The molecular weight excluding hydrogens is 388 g/mol. The van der Waals surface area contributed by atoms with E-state index in [-0.39, 0.29) is 24.5 Å². The van der Waals surface area contributed by atoms with E-state index >= 15 is 0 Å². The van der Waals surface area contributed by atoms with Gasteiger partial charge in [-0.05, 0) is 24.5 Å². The molecule has 6 nitrogen and oxygen atoms in total. The van der Waals surface area contributed by atoms with Crippen molar-refractivity contribution in [3.05, 3.63) is 59.7 Å². The number of hydrogen-bond acceptors (Lipinski definition) is 4. The summed E-state index contributed by atoms with van der Waals surface area (Å²) in [5.74, 6) is 0.312. The number of carbonyl (C=O) groups excluding carboxylic acids is 1. The molecule has 150 valence electrons. The van der Waals surface area contributed by atoms with Crippen LogP contribution in [0.2, 0.25) is 0 Å². The number of ether oxygens (including phenoxy) is 1. The van der Waals surface area contributed by atoms with E-state index in [1.165, 1.54) is 0 Å². The highest BCUT2D eigenvalue weighted by molar-refractivity contribution is 6.25. The maximum Gasteiger partial charge on any atom is 0.410 e. The van der Waals surface area contributed by atoms with Crippen molar-refractivity contribution >= 4 is 28.7 Å². The first-order valence-electron chi connectivity index (χ1n) is 10.1. The lowest BCUT2D eigenvalue weighted by Crippen LogP contribution is -2.57. The molecule has 5 rings (SSSR count). The molecule has 2 aliphatic rings. The Balaban J connectivity index is 1.37. The number of carbonyl (C=O) groups is 1. The molecule has 0 radical (unpaired) electrons. The number of likely N-dealkylation sites (tertiary alicyclic amines) is 1. The Morgan fingerprint density at radius 1 is 1.10 bits per heavy atom. The van der Waals surface area contributed by atoms with Gasteiger partial charge in [0.2, 0.25) is 0 Å². The lowest BCUT2D eigenvalue weighted by atomic mass is 9.65. The van der Waals surface area contributed by atoms with Gasteiger partial charge in [0.05, 0.1) is 4.87 Å². The van der Waals surface area contributed by atoms with Crippen molar-refractivity contribution in [3.8, 4) is 0 Å². The van der Waals surface area contributed by atoms with Crippen LogP contribution in [-0.4, -0.2) is 39.5 Å². The standard InChI is InChI=1S/C22H23ClN4O2/c23-22(18-10-5-11-19-20(18)25-26-24-19)16-8-4-9-17(22)13-27(12-16)21(28)29-14-15-6-2-1-3-7-15/h1-3,5-7,10-11,16-17H,4,8-9,12-14H2,(H,24,25,26). The van der Waals surface area contributed by atoms with Gasteiger partial charge in [-0.25, -0.2) is 4.79 Å². The van der Waals surface area contributed by atoms with Crippen LogP contribution < -0.4 is 0 Å². The average molecular weight is 411 g/mol. The van der Waals surface area contributed by atoms with E-state index in [0.29, 0.717) is 13.1 Å². The summed E-state index contributed by atoms with van der Waals surface area (Å²) in [4.78, 5) is 14.1. The third-order valence-corrected chi connectivity index (χ3v) is 7.22. The Labute approximate surface area is 174 Å². The van der Waals surface area contributed by atoms with E-state index in [1.54, 1.807) is 0 Å². The summed E-state index contributed by atoms with van der Waals surface area (Å²) >= 11 is 7.39. The summed E-state index contributed by atoms with van der Waals surface area (Å²) in [5, 5.41) is 11.3. The molecule has 2 fully saturated rings. The van der Waals surface area contributed by atoms with Crippen LogP contribution in [0, 0.1) is 11.8 Å². The number of amides is 1. The second-order valence-corrected chi connectivity index (χ2v) is 8.66. The molecule has 7 heteroatoms. The molecular formula is C22H23ClN4O2. The Bertz CT molecular complexity index is 1010. The second-order valence-electron chi connectivity index (χ2n) is 8.03. The van der Waals surface area contributed by atoms with Crippen LogP contribution in [0.3, 0.4) is 0 Å². The fraction of sp³-hybridized carbons (Fsp3) is 0.409. The lowest BCUT2D eigenvalue weighted by Gasteiger charge is -2.52. The highest BCUT2D eigenvalue weighted by Gasteiger charge is 2.53. The number of aromatic amines is 1. The molecule has 2 heterocycles. The zero-order valence-corrected chi connectivity index (χ0v) is 16.8. The highest BCUT2D eigenvalue weighted by atomic mass is 35.5. The molecule has 1 aliphatic carbocycles. The smallest absolute Gasteiger partial charge is 0.410 e. The van der Waals surface area contributed by atoms with Gasteiger partial charge in [-0.3, -0.25) is 0 Å². The van der Waals surface area contributed by atoms with Gasteiger partial charge in [0.25, 0.3) is 0 Å². The number of para-hydroxylation sites is 1. The van der Waals surface area contributed by atoms with Crippen molar-refractivity contribution in [2.45, 2.75) is 30.7 Å². The number of nitrogens with zero attached hydrogens (tertiary/aromatic N) is 3. The number of H-pyrrole nitrogens is 1. The van der Waals surface area contributed by atoms with Crippen molar-refractivity contribution in [2.75, 3.05) is 13.1 Å². The minimum Gasteiger partial charge on any atom is -0.445 e. The first kappa shape index (κ1) is 18.4. The van der Waals surface area contributed by atoms with Gasteiger partial charge in [-0.15, -0.1) is 11.6 Å². The summed E-state index contributed by atoms with van der Waals surface area (Å²) < 4.78 is 5.58. The van der Waals surface area contributed by atoms with Crippen LogP contribution in [0.5, 0.6) is 0 Å². The molecule has 1 aromatic heterocycles. The third-order valence-electron chi connectivity index (χ3n) is 6.40. The molecule has 0 spiro atoms. The summed E-state index contributed by atoms with van der Waals surface area (Å²) in [6, 6.07) is 15.7. The number of alkyl halides is 1. The molecule has 2 atom stereocenters. The monoisotopic (exact) mass is 410 g/mol. The predicted molar refractivity (Wildman–Crippen MR) is 110 cm³/mol. The molecule has 1 saturated heterocycles. The number of piperidine rings is 1. The quantitative estimate of drug-likeness (QED) is 0.647. The first-order chi connectivity index (χ1) is 14.2. The van der Waals surface area contributed by atoms with Crippen molar-refractivity contribution in [1.82, 2.24) is 20.3 Å². The van der Waals surface area contributed by atoms with Gasteiger partial charge in [-0.2, -0.15) is 15.4 Å². The maximum absolute atomic E-state index is 12.8. The molecule has 3 aromatic rings. The predicted octanol–water partition coefficient (Wildman–Crippen LogP) is 4.46. The van der Waals surface area contributed by atoms with Crippen LogP contribution in [-0.2, 0) is 16.2 Å². The molecule has 2 unspecified atom stereocenters. The summed E-state index contributed by atoms with van der Waals surface area (Å²) in [5.41, 5.74) is 3.67. The maximum atomic E-state index is 12.8. The minimum absolute atomic E-state index is 0.156. The number of hydrogen-bond donors (Lipinski definition) is 1.